The molecule has 1 N–H and O–H groups in total. The lowest BCUT2D eigenvalue weighted by molar-refractivity contribution is 0.0805. The Morgan fingerprint density at radius 1 is 1.19 bits per heavy atom. The Morgan fingerprint density at radius 3 is 2.70 bits per heavy atom. The van der Waals surface area contributed by atoms with Crippen LogP contribution in [0.3, 0.4) is 0 Å². The molecule has 3 aromatic rings. The molecule has 0 bridgehead atoms. The second-order valence-corrected chi connectivity index (χ2v) is 6.71. The number of fused-ring (bicyclic) bond motifs is 1. The first-order valence-corrected chi connectivity index (χ1v) is 9.26. The molecule has 0 saturated carbocycles. The van der Waals surface area contributed by atoms with Gasteiger partial charge in [0, 0.05) is 6.61 Å². The van der Waals surface area contributed by atoms with Crippen molar-refractivity contribution in [2.45, 2.75) is 31.6 Å². The Balaban J connectivity index is 1.48. The predicted octanol–water partition coefficient (Wildman–Crippen LogP) is 3.34. The molecule has 2 atom stereocenters. The Kier molecular flexibility index (Phi) is 5.27. The largest absolute Gasteiger partial charge is 0.497 e. The number of aromatic nitrogens is 2. The van der Waals surface area contributed by atoms with Crippen molar-refractivity contribution in [2.24, 2.45) is 0 Å². The third-order valence-corrected chi connectivity index (χ3v) is 4.80. The van der Waals surface area contributed by atoms with E-state index in [-0.39, 0.29) is 12.7 Å². The molecule has 6 heteroatoms. The minimum Gasteiger partial charge on any atom is -0.497 e. The molecule has 2 unspecified atom stereocenters. The Bertz CT molecular complexity index is 885. The van der Waals surface area contributed by atoms with Crippen molar-refractivity contribution in [3.8, 4) is 11.5 Å². The number of ether oxygens (including phenoxy) is 3. The van der Waals surface area contributed by atoms with E-state index >= 15 is 0 Å². The summed E-state index contributed by atoms with van der Waals surface area (Å²) in [4.78, 5) is 4.76. The molecule has 2 heterocycles. The van der Waals surface area contributed by atoms with Crippen LogP contribution in [-0.2, 0) is 11.3 Å². The standard InChI is InChI=1S/C21H24N2O4/c1-25-16-8-10-17(11-9-16)27-14-15(24)13-23-19-6-3-2-5-18(19)22-21(23)20-7-4-12-26-20/h2-3,5-6,8-11,15,20,24H,4,7,12-14H2,1H3. The van der Waals surface area contributed by atoms with Gasteiger partial charge in [0.05, 0.1) is 24.7 Å². The summed E-state index contributed by atoms with van der Waals surface area (Å²) in [6, 6.07) is 15.3. The molecule has 2 aromatic carbocycles. The SMILES string of the molecule is COc1ccc(OCC(O)Cn2c(C3CCCO3)nc3ccccc32)cc1. The van der Waals surface area contributed by atoms with E-state index in [0.717, 1.165) is 42.1 Å². The van der Waals surface area contributed by atoms with Gasteiger partial charge in [-0.3, -0.25) is 0 Å². The van der Waals surface area contributed by atoms with E-state index in [4.69, 9.17) is 19.2 Å². The van der Waals surface area contributed by atoms with Crippen molar-refractivity contribution in [1.29, 1.82) is 0 Å². The zero-order valence-corrected chi connectivity index (χ0v) is 15.4. The maximum absolute atomic E-state index is 10.6. The first kappa shape index (κ1) is 17.8. The number of imidazole rings is 1. The average molecular weight is 368 g/mol. The van der Waals surface area contributed by atoms with Gasteiger partial charge >= 0.3 is 0 Å². The molecular weight excluding hydrogens is 344 g/mol. The number of benzene rings is 2. The number of para-hydroxylation sites is 2. The Hall–Kier alpha value is -2.57. The normalized spacial score (nSPS) is 17.9. The van der Waals surface area contributed by atoms with Crippen molar-refractivity contribution in [1.82, 2.24) is 9.55 Å². The van der Waals surface area contributed by atoms with Gasteiger partial charge in [-0.25, -0.2) is 4.98 Å². The van der Waals surface area contributed by atoms with Gasteiger partial charge < -0.3 is 23.9 Å². The lowest BCUT2D eigenvalue weighted by Crippen LogP contribution is -2.25. The first-order valence-electron chi connectivity index (χ1n) is 9.26. The fourth-order valence-electron chi connectivity index (χ4n) is 3.44. The Labute approximate surface area is 158 Å². The molecule has 1 aliphatic rings. The predicted molar refractivity (Wildman–Crippen MR) is 102 cm³/mol. The van der Waals surface area contributed by atoms with E-state index in [1.165, 1.54) is 0 Å². The van der Waals surface area contributed by atoms with Crippen LogP contribution >= 0.6 is 0 Å². The van der Waals surface area contributed by atoms with E-state index in [1.807, 2.05) is 48.5 Å². The molecule has 0 aliphatic carbocycles. The number of hydrogen-bond acceptors (Lipinski definition) is 5. The van der Waals surface area contributed by atoms with E-state index < -0.39 is 6.10 Å². The number of rotatable bonds is 7. The molecule has 1 saturated heterocycles. The number of hydrogen-bond donors (Lipinski definition) is 1. The summed E-state index contributed by atoms with van der Waals surface area (Å²) in [6.45, 7) is 1.37. The highest BCUT2D eigenvalue weighted by molar-refractivity contribution is 5.76. The average Bonchev–Trinajstić information content (AvgIpc) is 3.35. The molecule has 0 spiro atoms. The minimum atomic E-state index is -0.662. The number of methoxy groups -OCH3 is 1. The molecule has 27 heavy (non-hydrogen) atoms. The zero-order chi connectivity index (χ0) is 18.6. The molecule has 0 amide bonds. The second kappa shape index (κ2) is 7.98. The maximum Gasteiger partial charge on any atom is 0.139 e. The summed E-state index contributed by atoms with van der Waals surface area (Å²) in [5.74, 6) is 2.36. The van der Waals surface area contributed by atoms with Crippen LogP contribution in [0, 0.1) is 0 Å². The first-order chi connectivity index (χ1) is 13.2. The van der Waals surface area contributed by atoms with Crippen LogP contribution in [0.4, 0.5) is 0 Å². The third-order valence-electron chi connectivity index (χ3n) is 4.80. The van der Waals surface area contributed by atoms with Crippen molar-refractivity contribution >= 4 is 11.0 Å². The lowest BCUT2D eigenvalue weighted by atomic mass is 10.2. The fraction of sp³-hybridized carbons (Fsp3) is 0.381. The Morgan fingerprint density at radius 2 is 1.96 bits per heavy atom. The lowest BCUT2D eigenvalue weighted by Gasteiger charge is -2.17. The van der Waals surface area contributed by atoms with Gasteiger partial charge in [-0.2, -0.15) is 0 Å². The molecule has 1 aromatic heterocycles. The van der Waals surface area contributed by atoms with Gasteiger partial charge in [-0.15, -0.1) is 0 Å². The van der Waals surface area contributed by atoms with E-state index in [9.17, 15) is 5.11 Å². The maximum atomic E-state index is 10.6. The molecular formula is C21H24N2O4. The molecule has 1 fully saturated rings. The molecule has 0 radical (unpaired) electrons. The quantitative estimate of drug-likeness (QED) is 0.693. The molecule has 4 rings (SSSR count). The summed E-state index contributed by atoms with van der Waals surface area (Å²) in [5.41, 5.74) is 1.93. The summed E-state index contributed by atoms with van der Waals surface area (Å²) in [7, 11) is 1.63. The monoisotopic (exact) mass is 368 g/mol. The third kappa shape index (κ3) is 3.91. The smallest absolute Gasteiger partial charge is 0.139 e. The summed E-state index contributed by atoms with van der Waals surface area (Å²) in [5, 5.41) is 10.6. The fourth-order valence-corrected chi connectivity index (χ4v) is 3.44. The minimum absolute atomic E-state index is 0.00731. The van der Waals surface area contributed by atoms with Crippen LogP contribution in [0.25, 0.3) is 11.0 Å². The van der Waals surface area contributed by atoms with Gasteiger partial charge in [0.1, 0.15) is 36.1 Å². The molecule has 6 nitrogen and oxygen atoms in total. The topological polar surface area (TPSA) is 65.7 Å². The highest BCUT2D eigenvalue weighted by Gasteiger charge is 2.25. The highest BCUT2D eigenvalue weighted by atomic mass is 16.5. The molecule has 142 valence electrons. The van der Waals surface area contributed by atoms with Gasteiger partial charge in [0.25, 0.3) is 0 Å². The van der Waals surface area contributed by atoms with Gasteiger partial charge in [-0.05, 0) is 49.2 Å². The number of nitrogens with zero attached hydrogens (tertiary/aromatic N) is 2. The van der Waals surface area contributed by atoms with Gasteiger partial charge in [0.2, 0.25) is 0 Å². The summed E-state index contributed by atoms with van der Waals surface area (Å²) < 4.78 is 18.8. The van der Waals surface area contributed by atoms with Crippen LogP contribution in [0.1, 0.15) is 24.8 Å². The van der Waals surface area contributed by atoms with E-state index in [2.05, 4.69) is 4.57 Å². The summed E-state index contributed by atoms with van der Waals surface area (Å²) in [6.07, 6.45) is 1.33. The second-order valence-electron chi connectivity index (χ2n) is 6.71. The van der Waals surface area contributed by atoms with Crippen LogP contribution < -0.4 is 9.47 Å². The van der Waals surface area contributed by atoms with Gasteiger partial charge in [0.15, 0.2) is 0 Å². The van der Waals surface area contributed by atoms with Crippen LogP contribution in [0.5, 0.6) is 11.5 Å². The number of aliphatic hydroxyl groups excluding tert-OH is 1. The van der Waals surface area contributed by atoms with Crippen molar-refractivity contribution in [3.63, 3.8) is 0 Å². The summed E-state index contributed by atoms with van der Waals surface area (Å²) >= 11 is 0. The zero-order valence-electron chi connectivity index (χ0n) is 15.4. The van der Waals surface area contributed by atoms with Crippen LogP contribution in [0.15, 0.2) is 48.5 Å². The van der Waals surface area contributed by atoms with Gasteiger partial charge in [-0.1, -0.05) is 12.1 Å². The molecule has 1 aliphatic heterocycles. The number of aliphatic hydroxyl groups is 1. The van der Waals surface area contributed by atoms with Crippen LogP contribution in [-0.4, -0.2) is 41.1 Å². The van der Waals surface area contributed by atoms with E-state index in [0.29, 0.717) is 12.3 Å². The van der Waals surface area contributed by atoms with E-state index in [1.54, 1.807) is 7.11 Å². The van der Waals surface area contributed by atoms with Crippen molar-refractivity contribution in [3.05, 3.63) is 54.4 Å². The van der Waals surface area contributed by atoms with Crippen molar-refractivity contribution in [2.75, 3.05) is 20.3 Å². The van der Waals surface area contributed by atoms with Crippen LogP contribution in [0.2, 0.25) is 0 Å². The van der Waals surface area contributed by atoms with Crippen molar-refractivity contribution < 1.29 is 19.3 Å². The highest BCUT2D eigenvalue weighted by Crippen LogP contribution is 2.30.